The van der Waals surface area contributed by atoms with Crippen molar-refractivity contribution in [3.05, 3.63) is 29.1 Å². The lowest BCUT2D eigenvalue weighted by Gasteiger charge is -2.08. The first-order valence-electron chi connectivity index (χ1n) is 6.83. The molecule has 1 heterocycles. The maximum Gasteiger partial charge on any atom is 0.123 e. The second kappa shape index (κ2) is 5.53. The molecule has 0 spiro atoms. The Kier molecular flexibility index (Phi) is 4.02. The van der Waals surface area contributed by atoms with Gasteiger partial charge in [0.25, 0.3) is 0 Å². The Labute approximate surface area is 109 Å². The Morgan fingerprint density at radius 2 is 1.89 bits per heavy atom. The van der Waals surface area contributed by atoms with Crippen molar-refractivity contribution in [3.63, 3.8) is 0 Å². The van der Waals surface area contributed by atoms with Crippen molar-refractivity contribution in [2.75, 3.05) is 0 Å². The highest BCUT2D eigenvalue weighted by molar-refractivity contribution is 5.78. The molecule has 0 atom stereocenters. The molecule has 0 bridgehead atoms. The van der Waals surface area contributed by atoms with E-state index in [0.717, 1.165) is 17.9 Å². The minimum absolute atomic E-state index is 0.513. The van der Waals surface area contributed by atoms with Crippen molar-refractivity contribution >= 4 is 11.0 Å². The molecule has 3 heteroatoms. The van der Waals surface area contributed by atoms with Gasteiger partial charge in [0, 0.05) is 6.54 Å². The zero-order chi connectivity index (χ0) is 13.1. The van der Waals surface area contributed by atoms with E-state index in [1.807, 2.05) is 0 Å². The van der Waals surface area contributed by atoms with Gasteiger partial charge in [0.2, 0.25) is 0 Å². The van der Waals surface area contributed by atoms with E-state index in [0.29, 0.717) is 6.54 Å². The molecule has 0 amide bonds. The van der Waals surface area contributed by atoms with Crippen LogP contribution in [0.25, 0.3) is 11.0 Å². The molecule has 0 unspecified atom stereocenters. The fraction of sp³-hybridized carbons (Fsp3) is 0.533. The molecule has 0 aliphatic heterocycles. The van der Waals surface area contributed by atoms with E-state index >= 15 is 0 Å². The fourth-order valence-electron chi connectivity index (χ4n) is 2.36. The molecule has 3 nitrogen and oxygen atoms in total. The molecule has 2 aromatic rings. The van der Waals surface area contributed by atoms with E-state index in [1.165, 1.54) is 35.9 Å². The van der Waals surface area contributed by atoms with E-state index in [2.05, 4.69) is 42.5 Å². The molecule has 0 saturated heterocycles. The number of aryl methyl sites for hydroxylation is 3. The first-order valence-corrected chi connectivity index (χ1v) is 6.83. The number of nitrogens with zero attached hydrogens (tertiary/aromatic N) is 2. The van der Waals surface area contributed by atoms with Gasteiger partial charge in [-0.2, -0.15) is 0 Å². The third kappa shape index (κ3) is 2.41. The highest BCUT2D eigenvalue weighted by Crippen LogP contribution is 2.21. The fourth-order valence-corrected chi connectivity index (χ4v) is 2.36. The Morgan fingerprint density at radius 3 is 2.56 bits per heavy atom. The van der Waals surface area contributed by atoms with Crippen LogP contribution in [0.15, 0.2) is 12.1 Å². The highest BCUT2D eigenvalue weighted by atomic mass is 15.1. The number of benzene rings is 1. The smallest absolute Gasteiger partial charge is 0.123 e. The van der Waals surface area contributed by atoms with Gasteiger partial charge in [0.05, 0.1) is 17.6 Å². The summed E-state index contributed by atoms with van der Waals surface area (Å²) < 4.78 is 2.29. The normalized spacial score (nSPS) is 11.3. The standard InChI is InChI=1S/C15H23N3/c1-4-5-6-7-18-14-9-12(3)11(2)8-13(14)17-15(18)10-16/h8-9H,4-7,10,16H2,1-3H3. The number of hydrogen-bond donors (Lipinski definition) is 1. The second-order valence-electron chi connectivity index (χ2n) is 5.02. The van der Waals surface area contributed by atoms with Crippen molar-refractivity contribution in [2.24, 2.45) is 5.73 Å². The zero-order valence-electron chi connectivity index (χ0n) is 11.7. The number of unbranched alkanes of at least 4 members (excludes halogenated alkanes) is 2. The summed E-state index contributed by atoms with van der Waals surface area (Å²) in [5.74, 6) is 1.01. The average molecular weight is 245 g/mol. The highest BCUT2D eigenvalue weighted by Gasteiger charge is 2.10. The van der Waals surface area contributed by atoms with Crippen LogP contribution in [0.5, 0.6) is 0 Å². The van der Waals surface area contributed by atoms with Crippen LogP contribution >= 0.6 is 0 Å². The van der Waals surface area contributed by atoms with Crippen LogP contribution < -0.4 is 5.73 Å². The summed E-state index contributed by atoms with van der Waals surface area (Å²) >= 11 is 0. The summed E-state index contributed by atoms with van der Waals surface area (Å²) in [6, 6.07) is 4.41. The van der Waals surface area contributed by atoms with E-state index in [1.54, 1.807) is 0 Å². The lowest BCUT2D eigenvalue weighted by Crippen LogP contribution is -2.08. The van der Waals surface area contributed by atoms with Crippen LogP contribution in [-0.2, 0) is 13.1 Å². The molecular weight excluding hydrogens is 222 g/mol. The van der Waals surface area contributed by atoms with E-state index in [-0.39, 0.29) is 0 Å². The minimum Gasteiger partial charge on any atom is -0.327 e. The van der Waals surface area contributed by atoms with Crippen molar-refractivity contribution in [3.8, 4) is 0 Å². The molecule has 2 rings (SSSR count). The summed E-state index contributed by atoms with van der Waals surface area (Å²) in [6.45, 7) is 8.05. The topological polar surface area (TPSA) is 43.8 Å². The summed E-state index contributed by atoms with van der Waals surface area (Å²) in [4.78, 5) is 4.65. The second-order valence-corrected chi connectivity index (χ2v) is 5.02. The molecule has 1 aromatic heterocycles. The quantitative estimate of drug-likeness (QED) is 0.821. The number of nitrogens with two attached hydrogens (primary N) is 1. The monoisotopic (exact) mass is 245 g/mol. The Balaban J connectivity index is 2.44. The van der Waals surface area contributed by atoms with Gasteiger partial charge in [0.1, 0.15) is 5.82 Å². The third-order valence-electron chi connectivity index (χ3n) is 3.61. The van der Waals surface area contributed by atoms with Crippen molar-refractivity contribution in [1.29, 1.82) is 0 Å². The Hall–Kier alpha value is -1.35. The van der Waals surface area contributed by atoms with E-state index in [4.69, 9.17) is 5.73 Å². The molecule has 0 radical (unpaired) electrons. The molecule has 0 fully saturated rings. The van der Waals surface area contributed by atoms with Gasteiger partial charge in [0.15, 0.2) is 0 Å². The van der Waals surface area contributed by atoms with Crippen molar-refractivity contribution in [2.45, 2.75) is 53.1 Å². The number of hydrogen-bond acceptors (Lipinski definition) is 2. The molecule has 2 N–H and O–H groups in total. The van der Waals surface area contributed by atoms with Crippen LogP contribution in [0.2, 0.25) is 0 Å². The summed E-state index contributed by atoms with van der Waals surface area (Å²) in [6.07, 6.45) is 3.69. The maximum absolute atomic E-state index is 5.81. The van der Waals surface area contributed by atoms with Crippen LogP contribution in [0, 0.1) is 13.8 Å². The van der Waals surface area contributed by atoms with Crippen LogP contribution in [-0.4, -0.2) is 9.55 Å². The average Bonchev–Trinajstić information content (AvgIpc) is 2.68. The first kappa shape index (κ1) is 13.1. The minimum atomic E-state index is 0.513. The van der Waals surface area contributed by atoms with Crippen LogP contribution in [0.1, 0.15) is 43.1 Å². The third-order valence-corrected chi connectivity index (χ3v) is 3.61. The van der Waals surface area contributed by atoms with Crippen molar-refractivity contribution in [1.82, 2.24) is 9.55 Å². The van der Waals surface area contributed by atoms with Crippen molar-refractivity contribution < 1.29 is 0 Å². The molecular formula is C15H23N3. The maximum atomic E-state index is 5.81. The van der Waals surface area contributed by atoms with Gasteiger partial charge >= 0.3 is 0 Å². The lowest BCUT2D eigenvalue weighted by molar-refractivity contribution is 0.592. The molecule has 0 aliphatic rings. The van der Waals surface area contributed by atoms with Crippen LogP contribution in [0.4, 0.5) is 0 Å². The van der Waals surface area contributed by atoms with Crippen LogP contribution in [0.3, 0.4) is 0 Å². The lowest BCUT2D eigenvalue weighted by atomic mass is 10.1. The predicted molar refractivity (Wildman–Crippen MR) is 76.6 cm³/mol. The van der Waals surface area contributed by atoms with Gasteiger partial charge < -0.3 is 10.3 Å². The van der Waals surface area contributed by atoms with Gasteiger partial charge in [-0.3, -0.25) is 0 Å². The Morgan fingerprint density at radius 1 is 1.17 bits per heavy atom. The number of rotatable bonds is 5. The molecule has 18 heavy (non-hydrogen) atoms. The summed E-state index contributed by atoms with van der Waals surface area (Å²) in [5, 5.41) is 0. The predicted octanol–water partition coefficient (Wildman–Crippen LogP) is 3.30. The van der Waals surface area contributed by atoms with Gasteiger partial charge in [-0.05, 0) is 43.5 Å². The number of fused-ring (bicyclic) bond motifs is 1. The summed E-state index contributed by atoms with van der Waals surface area (Å²) in [5.41, 5.74) is 10.7. The SMILES string of the molecule is CCCCCn1c(CN)nc2cc(C)c(C)cc21. The van der Waals surface area contributed by atoms with E-state index in [9.17, 15) is 0 Å². The zero-order valence-corrected chi connectivity index (χ0v) is 11.7. The van der Waals surface area contributed by atoms with Gasteiger partial charge in [-0.15, -0.1) is 0 Å². The number of imidazole rings is 1. The summed E-state index contributed by atoms with van der Waals surface area (Å²) in [7, 11) is 0. The molecule has 98 valence electrons. The first-order chi connectivity index (χ1) is 8.67. The largest absolute Gasteiger partial charge is 0.327 e. The molecule has 1 aromatic carbocycles. The van der Waals surface area contributed by atoms with Gasteiger partial charge in [-0.1, -0.05) is 19.8 Å². The Bertz CT molecular complexity index is 540. The number of aromatic nitrogens is 2. The molecule has 0 aliphatic carbocycles. The van der Waals surface area contributed by atoms with Gasteiger partial charge in [-0.25, -0.2) is 4.98 Å². The molecule has 0 saturated carbocycles. The van der Waals surface area contributed by atoms with E-state index < -0.39 is 0 Å².